The summed E-state index contributed by atoms with van der Waals surface area (Å²) in [6.45, 7) is 3.48. The van der Waals surface area contributed by atoms with Gasteiger partial charge < -0.3 is 15.4 Å². The molecule has 2 amide bonds. The highest BCUT2D eigenvalue weighted by molar-refractivity contribution is 5.92. The summed E-state index contributed by atoms with van der Waals surface area (Å²) in [5.74, 6) is 0.852. The first-order valence-electron chi connectivity index (χ1n) is 9.44. The molecule has 2 aromatic rings. The molecule has 140 valence electrons. The number of carbonyl (C=O) groups is 2. The first-order chi connectivity index (χ1) is 13.0. The monoisotopic (exact) mass is 364 g/mol. The number of aryl methyl sites for hydroxylation is 1. The van der Waals surface area contributed by atoms with Gasteiger partial charge in [-0.3, -0.25) is 9.59 Å². The van der Waals surface area contributed by atoms with Crippen LogP contribution in [-0.4, -0.2) is 25.0 Å². The lowest BCUT2D eigenvalue weighted by molar-refractivity contribution is -0.131. The third kappa shape index (κ3) is 3.68. The van der Waals surface area contributed by atoms with Crippen molar-refractivity contribution in [3.63, 3.8) is 0 Å². The lowest BCUT2D eigenvalue weighted by atomic mass is 9.88. The predicted molar refractivity (Wildman–Crippen MR) is 103 cm³/mol. The summed E-state index contributed by atoms with van der Waals surface area (Å²) < 4.78 is 5.68. The maximum atomic E-state index is 12.4. The number of rotatable bonds is 4. The first-order valence-corrected chi connectivity index (χ1v) is 9.44. The van der Waals surface area contributed by atoms with Crippen LogP contribution in [0, 0.1) is 5.41 Å². The minimum atomic E-state index is -0.651. The van der Waals surface area contributed by atoms with Gasteiger partial charge in [-0.15, -0.1) is 0 Å². The molecular formula is C22H24N2O3. The molecule has 4 rings (SSSR count). The normalized spacial score (nSPS) is 21.1. The van der Waals surface area contributed by atoms with Crippen LogP contribution in [0.3, 0.4) is 0 Å². The number of ether oxygens (including phenoxy) is 1. The van der Waals surface area contributed by atoms with Gasteiger partial charge in [0.2, 0.25) is 11.8 Å². The van der Waals surface area contributed by atoms with E-state index in [2.05, 4.69) is 41.0 Å². The van der Waals surface area contributed by atoms with Crippen molar-refractivity contribution in [3.05, 3.63) is 53.6 Å². The summed E-state index contributed by atoms with van der Waals surface area (Å²) in [7, 11) is 0. The van der Waals surface area contributed by atoms with E-state index >= 15 is 0 Å². The molecular weight excluding hydrogens is 340 g/mol. The van der Waals surface area contributed by atoms with Crippen LogP contribution in [0.1, 0.15) is 30.9 Å². The SMILES string of the molecule is CC1(C(=O)NCc2ccc(-c3ccc4c(c3)CCCO4)cc2)CNC(=O)C1. The second-order valence-electron chi connectivity index (χ2n) is 7.67. The maximum absolute atomic E-state index is 12.4. The van der Waals surface area contributed by atoms with Crippen LogP contribution in [0.2, 0.25) is 0 Å². The fourth-order valence-corrected chi connectivity index (χ4v) is 3.68. The molecule has 1 saturated heterocycles. The Morgan fingerprint density at radius 3 is 2.70 bits per heavy atom. The summed E-state index contributed by atoms with van der Waals surface area (Å²) >= 11 is 0. The highest BCUT2D eigenvalue weighted by atomic mass is 16.5. The molecule has 0 aromatic heterocycles. The zero-order valence-corrected chi connectivity index (χ0v) is 15.5. The number of amides is 2. The van der Waals surface area contributed by atoms with Crippen molar-refractivity contribution in [1.82, 2.24) is 10.6 Å². The number of hydrogen-bond acceptors (Lipinski definition) is 3. The van der Waals surface area contributed by atoms with Gasteiger partial charge in [-0.1, -0.05) is 30.3 Å². The smallest absolute Gasteiger partial charge is 0.228 e. The van der Waals surface area contributed by atoms with Crippen LogP contribution in [0.15, 0.2) is 42.5 Å². The molecule has 0 radical (unpaired) electrons. The van der Waals surface area contributed by atoms with Gasteiger partial charge in [0.1, 0.15) is 5.75 Å². The molecule has 5 nitrogen and oxygen atoms in total. The Kier molecular flexibility index (Phi) is 4.60. The predicted octanol–water partition coefficient (Wildman–Crippen LogP) is 2.82. The fraction of sp³-hybridized carbons (Fsp3) is 0.364. The molecule has 0 aliphatic carbocycles. The maximum Gasteiger partial charge on any atom is 0.228 e. The van der Waals surface area contributed by atoms with E-state index < -0.39 is 5.41 Å². The molecule has 1 atom stereocenters. The molecule has 2 N–H and O–H groups in total. The van der Waals surface area contributed by atoms with Crippen LogP contribution in [0.4, 0.5) is 0 Å². The summed E-state index contributed by atoms with van der Waals surface area (Å²) in [5, 5.41) is 5.68. The number of carbonyl (C=O) groups excluding carboxylic acids is 2. The van der Waals surface area contributed by atoms with E-state index in [0.717, 1.165) is 36.3 Å². The van der Waals surface area contributed by atoms with E-state index in [1.807, 2.05) is 19.1 Å². The van der Waals surface area contributed by atoms with E-state index in [1.165, 1.54) is 11.1 Å². The average molecular weight is 364 g/mol. The van der Waals surface area contributed by atoms with Crippen LogP contribution in [0.5, 0.6) is 5.75 Å². The Morgan fingerprint density at radius 2 is 1.96 bits per heavy atom. The fourth-order valence-electron chi connectivity index (χ4n) is 3.68. The van der Waals surface area contributed by atoms with Gasteiger partial charge in [-0.2, -0.15) is 0 Å². The number of benzene rings is 2. The molecule has 27 heavy (non-hydrogen) atoms. The molecule has 0 saturated carbocycles. The Labute approximate surface area is 159 Å². The Hall–Kier alpha value is -2.82. The van der Waals surface area contributed by atoms with Crippen molar-refractivity contribution >= 4 is 11.8 Å². The van der Waals surface area contributed by atoms with Crippen LogP contribution in [-0.2, 0) is 22.6 Å². The Morgan fingerprint density at radius 1 is 1.19 bits per heavy atom. The third-order valence-electron chi connectivity index (χ3n) is 5.42. The summed E-state index contributed by atoms with van der Waals surface area (Å²) in [6.07, 6.45) is 2.37. The molecule has 1 fully saturated rings. The molecule has 2 aliphatic heterocycles. The third-order valence-corrected chi connectivity index (χ3v) is 5.42. The molecule has 2 aromatic carbocycles. The molecule has 1 unspecified atom stereocenters. The lowest BCUT2D eigenvalue weighted by Gasteiger charge is -2.20. The summed E-state index contributed by atoms with van der Waals surface area (Å²) in [5.41, 5.74) is 3.98. The minimum absolute atomic E-state index is 0.0625. The van der Waals surface area contributed by atoms with Gasteiger partial charge in [0.15, 0.2) is 0 Å². The minimum Gasteiger partial charge on any atom is -0.493 e. The lowest BCUT2D eigenvalue weighted by Crippen LogP contribution is -2.40. The molecule has 5 heteroatoms. The highest BCUT2D eigenvalue weighted by Crippen LogP contribution is 2.30. The van der Waals surface area contributed by atoms with Gasteiger partial charge in [-0.05, 0) is 54.2 Å². The number of hydrogen-bond donors (Lipinski definition) is 2. The van der Waals surface area contributed by atoms with Gasteiger partial charge in [0.25, 0.3) is 0 Å². The Balaban J connectivity index is 1.40. The van der Waals surface area contributed by atoms with Crippen LogP contribution < -0.4 is 15.4 Å². The molecule has 2 aliphatic rings. The van der Waals surface area contributed by atoms with Crippen molar-refractivity contribution in [2.45, 2.75) is 32.7 Å². The van der Waals surface area contributed by atoms with Gasteiger partial charge >= 0.3 is 0 Å². The topological polar surface area (TPSA) is 67.4 Å². The van der Waals surface area contributed by atoms with Crippen LogP contribution >= 0.6 is 0 Å². The first kappa shape index (κ1) is 17.6. The van der Waals surface area contributed by atoms with E-state index in [9.17, 15) is 9.59 Å². The highest BCUT2D eigenvalue weighted by Gasteiger charge is 2.40. The molecule has 2 heterocycles. The molecule has 0 spiro atoms. The largest absolute Gasteiger partial charge is 0.493 e. The van der Waals surface area contributed by atoms with Gasteiger partial charge in [0, 0.05) is 19.5 Å². The zero-order chi connectivity index (χ0) is 18.9. The quantitative estimate of drug-likeness (QED) is 0.877. The summed E-state index contributed by atoms with van der Waals surface area (Å²) in [6, 6.07) is 14.6. The van der Waals surface area contributed by atoms with Crippen LogP contribution in [0.25, 0.3) is 11.1 Å². The van der Waals surface area contributed by atoms with Crippen molar-refractivity contribution < 1.29 is 14.3 Å². The zero-order valence-electron chi connectivity index (χ0n) is 15.5. The van der Waals surface area contributed by atoms with E-state index in [4.69, 9.17) is 4.74 Å². The average Bonchev–Trinajstić information content (AvgIpc) is 3.06. The van der Waals surface area contributed by atoms with Crippen molar-refractivity contribution in [2.75, 3.05) is 13.2 Å². The van der Waals surface area contributed by atoms with Gasteiger partial charge in [-0.25, -0.2) is 0 Å². The number of fused-ring (bicyclic) bond motifs is 1. The second kappa shape index (κ2) is 7.06. The van der Waals surface area contributed by atoms with Gasteiger partial charge in [0.05, 0.1) is 12.0 Å². The number of nitrogens with one attached hydrogen (secondary N) is 2. The van der Waals surface area contributed by atoms with E-state index in [0.29, 0.717) is 13.1 Å². The van der Waals surface area contributed by atoms with Crippen molar-refractivity contribution in [1.29, 1.82) is 0 Å². The van der Waals surface area contributed by atoms with E-state index in [-0.39, 0.29) is 18.2 Å². The van der Waals surface area contributed by atoms with E-state index in [1.54, 1.807) is 0 Å². The van der Waals surface area contributed by atoms with Crippen molar-refractivity contribution in [2.24, 2.45) is 5.41 Å². The Bertz CT molecular complexity index is 876. The summed E-state index contributed by atoms with van der Waals surface area (Å²) in [4.78, 5) is 23.8. The second-order valence-corrected chi connectivity index (χ2v) is 7.67. The standard InChI is InChI=1S/C22H24N2O3/c1-22(12-20(25)24-14-22)21(26)23-13-15-4-6-16(7-5-15)17-8-9-19-18(11-17)3-2-10-27-19/h4-9,11H,2-3,10,12-14H2,1H3,(H,23,26)(H,24,25). The van der Waals surface area contributed by atoms with Crippen molar-refractivity contribution in [3.8, 4) is 16.9 Å². The molecule has 0 bridgehead atoms.